The van der Waals surface area contributed by atoms with Crippen molar-refractivity contribution in [2.24, 2.45) is 23.2 Å². The third kappa shape index (κ3) is 20.5. The molecule has 3 fully saturated rings. The Kier molecular flexibility index (Phi) is 23.0. The summed E-state index contributed by atoms with van der Waals surface area (Å²) in [7, 11) is 4.46. The van der Waals surface area contributed by atoms with Gasteiger partial charge in [0.25, 0.3) is 0 Å². The molecule has 3 aliphatic rings. The predicted octanol–water partition coefficient (Wildman–Crippen LogP) is 12.4. The highest BCUT2D eigenvalue weighted by Crippen LogP contribution is 2.61. The van der Waals surface area contributed by atoms with E-state index in [-0.39, 0.29) is 11.9 Å². The summed E-state index contributed by atoms with van der Waals surface area (Å²) in [5, 5.41) is 0. The van der Waals surface area contributed by atoms with Crippen LogP contribution in [0.3, 0.4) is 0 Å². The zero-order chi connectivity index (χ0) is 34.8. The molecule has 2 atom stereocenters. The third-order valence-electron chi connectivity index (χ3n) is 12.7. The van der Waals surface area contributed by atoms with Gasteiger partial charge in [-0.25, -0.2) is 0 Å². The van der Waals surface area contributed by atoms with Crippen LogP contribution in [-0.2, 0) is 19.1 Å². The normalized spacial score (nSPS) is 21.7. The van der Waals surface area contributed by atoms with Crippen molar-refractivity contribution in [3.63, 3.8) is 0 Å². The van der Waals surface area contributed by atoms with Gasteiger partial charge < -0.3 is 14.4 Å². The molecule has 0 amide bonds. The molecule has 0 bridgehead atoms. The summed E-state index contributed by atoms with van der Waals surface area (Å²) in [6.07, 6.45) is 41.8. The average molecular weight is 688 g/mol. The van der Waals surface area contributed by atoms with Gasteiger partial charge in [0.05, 0.1) is 13.2 Å². The van der Waals surface area contributed by atoms with Gasteiger partial charge in [-0.1, -0.05) is 148 Å². The maximum absolute atomic E-state index is 12.1. The van der Waals surface area contributed by atoms with Crippen LogP contribution in [0.1, 0.15) is 212 Å². The lowest BCUT2D eigenvalue weighted by atomic mass is 9.87. The Morgan fingerprint density at radius 2 is 0.959 bits per heavy atom. The highest BCUT2D eigenvalue weighted by Gasteiger charge is 2.51. The molecule has 0 saturated heterocycles. The lowest BCUT2D eigenvalue weighted by Crippen LogP contribution is -2.18. The van der Waals surface area contributed by atoms with E-state index in [0.717, 1.165) is 43.4 Å². The Morgan fingerprint density at radius 1 is 0.531 bits per heavy atom. The number of carbonyl (C=O) groups is 2. The first-order chi connectivity index (χ1) is 24.0. The third-order valence-corrected chi connectivity index (χ3v) is 12.7. The second kappa shape index (κ2) is 26.6. The van der Waals surface area contributed by atoms with Crippen LogP contribution in [0.2, 0.25) is 0 Å². The van der Waals surface area contributed by atoms with Crippen LogP contribution in [0.15, 0.2) is 0 Å². The van der Waals surface area contributed by atoms with Crippen molar-refractivity contribution in [1.29, 1.82) is 0 Å². The maximum Gasteiger partial charge on any atom is 0.305 e. The molecule has 0 radical (unpaired) electrons. The van der Waals surface area contributed by atoms with E-state index in [4.69, 9.17) is 9.47 Å². The zero-order valence-electron chi connectivity index (χ0n) is 32.8. The number of nitrogens with zero attached hydrogens (tertiary/aromatic N) is 1. The lowest BCUT2D eigenvalue weighted by Gasteiger charge is -2.21. The van der Waals surface area contributed by atoms with Crippen LogP contribution in [0.5, 0.6) is 0 Å². The number of hydrogen-bond acceptors (Lipinski definition) is 5. The maximum atomic E-state index is 12.1. The van der Waals surface area contributed by atoms with Gasteiger partial charge in [-0.15, -0.1) is 0 Å². The summed E-state index contributed by atoms with van der Waals surface area (Å²) >= 11 is 0. The summed E-state index contributed by atoms with van der Waals surface area (Å²) in [6.45, 7) is 2.52. The molecule has 286 valence electrons. The molecular formula is C44H81NO4. The van der Waals surface area contributed by atoms with Crippen LogP contribution < -0.4 is 0 Å². The molecule has 0 aromatic carbocycles. The first kappa shape index (κ1) is 42.3. The Bertz CT molecular complexity index is 833. The van der Waals surface area contributed by atoms with E-state index in [1.807, 2.05) is 0 Å². The van der Waals surface area contributed by atoms with Crippen LogP contribution in [0, 0.1) is 23.2 Å². The Balaban J connectivity index is 1.09. The molecule has 5 nitrogen and oxygen atoms in total. The summed E-state index contributed by atoms with van der Waals surface area (Å²) in [5.74, 6) is 2.61. The molecule has 0 aromatic heterocycles. The molecule has 49 heavy (non-hydrogen) atoms. The van der Waals surface area contributed by atoms with Crippen molar-refractivity contribution in [2.45, 2.75) is 212 Å². The highest BCUT2D eigenvalue weighted by molar-refractivity contribution is 5.69. The fraction of sp³-hybridized carbons (Fsp3) is 0.955. The summed E-state index contributed by atoms with van der Waals surface area (Å²) in [4.78, 5) is 26.5. The topological polar surface area (TPSA) is 55.8 Å². The van der Waals surface area contributed by atoms with Gasteiger partial charge in [-0.2, -0.15) is 0 Å². The molecule has 2 unspecified atom stereocenters. The van der Waals surface area contributed by atoms with Gasteiger partial charge in [0.2, 0.25) is 0 Å². The van der Waals surface area contributed by atoms with E-state index < -0.39 is 0 Å². The van der Waals surface area contributed by atoms with Gasteiger partial charge in [0.1, 0.15) is 0 Å². The van der Waals surface area contributed by atoms with Gasteiger partial charge in [0.15, 0.2) is 0 Å². The molecule has 0 aromatic rings. The summed E-state index contributed by atoms with van der Waals surface area (Å²) < 4.78 is 11.0. The molecule has 0 N–H and O–H groups in total. The Labute approximate surface area is 304 Å². The summed E-state index contributed by atoms with van der Waals surface area (Å²) in [5.41, 5.74) is 0.639. The highest BCUT2D eigenvalue weighted by atomic mass is 16.5. The molecule has 3 rings (SSSR count). The minimum absolute atomic E-state index is 0.0270. The number of rotatable bonds is 30. The minimum Gasteiger partial charge on any atom is -0.466 e. The second-order valence-corrected chi connectivity index (χ2v) is 17.2. The number of carbonyl (C=O) groups excluding carboxylic acids is 2. The number of hydrogen-bond donors (Lipinski definition) is 0. The fourth-order valence-electron chi connectivity index (χ4n) is 9.15. The Morgan fingerprint density at radius 3 is 1.43 bits per heavy atom. The van der Waals surface area contributed by atoms with E-state index in [9.17, 15) is 9.59 Å². The van der Waals surface area contributed by atoms with E-state index in [2.05, 4.69) is 19.0 Å². The molecule has 0 aliphatic heterocycles. The van der Waals surface area contributed by atoms with E-state index >= 15 is 0 Å². The SMILES string of the molecule is CN(C)CCC1(CCCCCCCCCCC(=O)OCCC2CCCCC2)CC1CCCCCCCCCC(=O)OCCC1CCCCC1. The van der Waals surface area contributed by atoms with Crippen molar-refractivity contribution >= 4 is 11.9 Å². The van der Waals surface area contributed by atoms with Gasteiger partial charge in [-0.05, 0) is 95.2 Å². The first-order valence-electron chi connectivity index (χ1n) is 21.9. The Hall–Kier alpha value is -1.10. The van der Waals surface area contributed by atoms with E-state index in [1.54, 1.807) is 0 Å². The molecule has 3 aliphatic carbocycles. The van der Waals surface area contributed by atoms with Crippen molar-refractivity contribution < 1.29 is 19.1 Å². The average Bonchev–Trinajstić information content (AvgIpc) is 3.80. The first-order valence-corrected chi connectivity index (χ1v) is 21.9. The largest absolute Gasteiger partial charge is 0.466 e. The van der Waals surface area contributed by atoms with Gasteiger partial charge in [-0.3, -0.25) is 9.59 Å². The fourth-order valence-corrected chi connectivity index (χ4v) is 9.15. The van der Waals surface area contributed by atoms with Crippen molar-refractivity contribution in [1.82, 2.24) is 4.90 Å². The van der Waals surface area contributed by atoms with E-state index in [1.165, 1.54) is 180 Å². The molecular weight excluding hydrogens is 606 g/mol. The second-order valence-electron chi connectivity index (χ2n) is 17.2. The van der Waals surface area contributed by atoms with Crippen LogP contribution in [0.4, 0.5) is 0 Å². The quantitative estimate of drug-likeness (QED) is 0.0556. The number of unbranched alkanes of at least 4 members (excludes halogenated alkanes) is 13. The summed E-state index contributed by atoms with van der Waals surface area (Å²) in [6, 6.07) is 0. The molecule has 3 saturated carbocycles. The minimum atomic E-state index is 0.0270. The van der Waals surface area contributed by atoms with Crippen LogP contribution in [0.25, 0.3) is 0 Å². The number of esters is 2. The predicted molar refractivity (Wildman–Crippen MR) is 206 cm³/mol. The van der Waals surface area contributed by atoms with Crippen LogP contribution >= 0.6 is 0 Å². The monoisotopic (exact) mass is 688 g/mol. The van der Waals surface area contributed by atoms with Crippen molar-refractivity contribution in [3.8, 4) is 0 Å². The standard InChI is InChI=1S/C44H81NO4/c1-45(2)35-34-44(33-23-13-9-4-3-7-11-21-29-42(46)48-36-31-39-24-16-14-17-25-39)38-41(44)28-20-10-6-5-8-12-22-30-43(47)49-37-32-40-26-18-15-19-27-40/h39-41H,3-38H2,1-2H3. The number of ether oxygens (including phenoxy) is 2. The molecule has 0 spiro atoms. The van der Waals surface area contributed by atoms with Gasteiger partial charge >= 0.3 is 11.9 Å². The lowest BCUT2D eigenvalue weighted by molar-refractivity contribution is -0.145. The van der Waals surface area contributed by atoms with Crippen molar-refractivity contribution in [2.75, 3.05) is 33.9 Å². The van der Waals surface area contributed by atoms with Crippen molar-refractivity contribution in [3.05, 3.63) is 0 Å². The molecule has 5 heteroatoms. The van der Waals surface area contributed by atoms with Crippen LogP contribution in [-0.4, -0.2) is 50.7 Å². The van der Waals surface area contributed by atoms with E-state index in [0.29, 0.717) is 31.5 Å². The smallest absolute Gasteiger partial charge is 0.305 e. The molecule has 0 heterocycles. The van der Waals surface area contributed by atoms with Gasteiger partial charge in [0, 0.05) is 12.8 Å². The zero-order valence-corrected chi connectivity index (χ0v) is 32.8.